The van der Waals surface area contributed by atoms with Gasteiger partial charge < -0.3 is 9.73 Å². The number of piperidine rings is 1. The highest BCUT2D eigenvalue weighted by Gasteiger charge is 2.27. The number of nitrogens with zero attached hydrogens (tertiary/aromatic N) is 2. The topological polar surface area (TPSA) is 82.9 Å². The van der Waals surface area contributed by atoms with E-state index in [9.17, 15) is 13.2 Å². The molecule has 1 atom stereocenters. The molecule has 1 aliphatic heterocycles. The molecular formula is C22H30ClN3O4S. The Morgan fingerprint density at radius 2 is 1.90 bits per heavy atom. The van der Waals surface area contributed by atoms with Crippen LogP contribution < -0.4 is 5.32 Å². The van der Waals surface area contributed by atoms with E-state index >= 15 is 0 Å². The minimum absolute atomic E-state index is 0.0517. The quantitative estimate of drug-likeness (QED) is 0.604. The summed E-state index contributed by atoms with van der Waals surface area (Å²) in [5, 5.41) is 3.05. The van der Waals surface area contributed by atoms with Gasteiger partial charge in [-0.05, 0) is 56.3 Å². The van der Waals surface area contributed by atoms with E-state index in [2.05, 4.69) is 10.2 Å². The van der Waals surface area contributed by atoms with E-state index in [4.69, 9.17) is 16.0 Å². The van der Waals surface area contributed by atoms with Crippen LogP contribution in [0.2, 0.25) is 5.02 Å². The highest BCUT2D eigenvalue weighted by Crippen LogP contribution is 2.27. The van der Waals surface area contributed by atoms with E-state index < -0.39 is 10.0 Å². The lowest BCUT2D eigenvalue weighted by molar-refractivity contribution is 0.0914. The fourth-order valence-corrected chi connectivity index (χ4v) is 5.92. The number of nitrogens with one attached hydrogen (secondary N) is 1. The molecule has 31 heavy (non-hydrogen) atoms. The molecule has 0 aliphatic carbocycles. The molecule has 0 radical (unpaired) electrons. The van der Waals surface area contributed by atoms with Gasteiger partial charge in [0, 0.05) is 25.2 Å². The number of furan rings is 1. The van der Waals surface area contributed by atoms with Gasteiger partial charge >= 0.3 is 0 Å². The fraction of sp³-hybridized carbons (Fsp3) is 0.500. The maximum atomic E-state index is 12.9. The van der Waals surface area contributed by atoms with Crippen LogP contribution in [-0.4, -0.2) is 56.3 Å². The SMILES string of the molecule is CCN(CC)S(=O)(=O)c1cc(C(=O)NCC(c2ccco2)N2CCCCC2)ccc1Cl. The summed E-state index contributed by atoms with van der Waals surface area (Å²) in [5.41, 5.74) is 0.256. The zero-order valence-electron chi connectivity index (χ0n) is 18.0. The molecule has 0 saturated carbocycles. The van der Waals surface area contributed by atoms with E-state index in [-0.39, 0.29) is 27.4 Å². The fourth-order valence-electron chi connectivity index (χ4n) is 3.96. The van der Waals surface area contributed by atoms with Gasteiger partial charge in [0.1, 0.15) is 10.7 Å². The summed E-state index contributed by atoms with van der Waals surface area (Å²) in [4.78, 5) is 15.2. The molecule has 9 heteroatoms. The molecular weight excluding hydrogens is 438 g/mol. The van der Waals surface area contributed by atoms with Crippen molar-refractivity contribution < 1.29 is 17.6 Å². The minimum atomic E-state index is -3.77. The van der Waals surface area contributed by atoms with Crippen LogP contribution in [0.15, 0.2) is 45.9 Å². The minimum Gasteiger partial charge on any atom is -0.468 e. The van der Waals surface area contributed by atoms with E-state index in [1.54, 1.807) is 26.2 Å². The van der Waals surface area contributed by atoms with E-state index in [0.29, 0.717) is 19.6 Å². The van der Waals surface area contributed by atoms with E-state index in [1.807, 2.05) is 12.1 Å². The maximum Gasteiger partial charge on any atom is 0.251 e. The molecule has 2 heterocycles. The number of hydrogen-bond acceptors (Lipinski definition) is 5. The van der Waals surface area contributed by atoms with Gasteiger partial charge in [-0.15, -0.1) is 0 Å². The average Bonchev–Trinajstić information content (AvgIpc) is 3.30. The van der Waals surface area contributed by atoms with Crippen LogP contribution in [0.1, 0.15) is 55.3 Å². The zero-order valence-corrected chi connectivity index (χ0v) is 19.6. The van der Waals surface area contributed by atoms with E-state index in [0.717, 1.165) is 31.7 Å². The van der Waals surface area contributed by atoms with Crippen LogP contribution in [0.5, 0.6) is 0 Å². The van der Waals surface area contributed by atoms with Gasteiger partial charge in [-0.3, -0.25) is 9.69 Å². The van der Waals surface area contributed by atoms with Gasteiger partial charge in [-0.2, -0.15) is 4.31 Å². The summed E-state index contributed by atoms with van der Waals surface area (Å²) in [6.45, 7) is 6.45. The molecule has 2 aromatic rings. The van der Waals surface area contributed by atoms with Crippen molar-refractivity contribution in [3.8, 4) is 0 Å². The predicted molar refractivity (Wildman–Crippen MR) is 121 cm³/mol. The lowest BCUT2D eigenvalue weighted by atomic mass is 10.1. The molecule has 170 valence electrons. The average molecular weight is 468 g/mol. The van der Waals surface area contributed by atoms with Crippen molar-refractivity contribution in [1.82, 2.24) is 14.5 Å². The van der Waals surface area contributed by atoms with Gasteiger partial charge in [-0.25, -0.2) is 8.42 Å². The number of sulfonamides is 1. The summed E-state index contributed by atoms with van der Waals surface area (Å²) < 4.78 is 32.8. The van der Waals surface area contributed by atoms with Crippen molar-refractivity contribution in [2.75, 3.05) is 32.7 Å². The maximum absolute atomic E-state index is 12.9. The number of amides is 1. The van der Waals surface area contributed by atoms with Crippen molar-refractivity contribution in [1.29, 1.82) is 0 Å². The van der Waals surface area contributed by atoms with Crippen LogP contribution in [0, 0.1) is 0 Å². The first-order valence-corrected chi connectivity index (χ1v) is 12.6. The molecule has 1 aromatic heterocycles. The molecule has 7 nitrogen and oxygen atoms in total. The Hall–Kier alpha value is -1.87. The predicted octanol–water partition coefficient (Wildman–Crippen LogP) is 3.92. The molecule has 1 saturated heterocycles. The highest BCUT2D eigenvalue weighted by atomic mass is 35.5. The summed E-state index contributed by atoms with van der Waals surface area (Å²) in [6.07, 6.45) is 5.09. The lowest BCUT2D eigenvalue weighted by Crippen LogP contribution is -2.40. The Labute approximate surface area is 189 Å². The van der Waals surface area contributed by atoms with Gasteiger partial charge in [-0.1, -0.05) is 31.9 Å². The van der Waals surface area contributed by atoms with Gasteiger partial charge in [0.25, 0.3) is 5.91 Å². The number of rotatable bonds is 9. The summed E-state index contributed by atoms with van der Waals surface area (Å²) in [6, 6.07) is 8.06. The Morgan fingerprint density at radius 1 is 1.19 bits per heavy atom. The number of halogens is 1. The second kappa shape index (κ2) is 10.6. The molecule has 1 amide bonds. The van der Waals surface area contributed by atoms with Gasteiger partial charge in [0.15, 0.2) is 0 Å². The van der Waals surface area contributed by atoms with Crippen molar-refractivity contribution in [2.24, 2.45) is 0 Å². The lowest BCUT2D eigenvalue weighted by Gasteiger charge is -2.33. The molecule has 1 N–H and O–H groups in total. The number of carbonyl (C=O) groups excluding carboxylic acids is 1. The largest absolute Gasteiger partial charge is 0.468 e. The Kier molecular flexibility index (Phi) is 8.16. The van der Waals surface area contributed by atoms with Crippen LogP contribution >= 0.6 is 11.6 Å². The summed E-state index contributed by atoms with van der Waals surface area (Å²) in [5.74, 6) is 0.462. The number of hydrogen-bond donors (Lipinski definition) is 1. The van der Waals surface area contributed by atoms with Crippen LogP contribution in [0.4, 0.5) is 0 Å². The molecule has 0 spiro atoms. The van der Waals surface area contributed by atoms with Crippen molar-refractivity contribution in [3.63, 3.8) is 0 Å². The first-order chi connectivity index (χ1) is 14.9. The normalized spacial score (nSPS) is 16.4. The van der Waals surface area contributed by atoms with E-state index in [1.165, 1.54) is 22.9 Å². The second-order valence-electron chi connectivity index (χ2n) is 7.57. The van der Waals surface area contributed by atoms with Crippen molar-refractivity contribution in [2.45, 2.75) is 44.0 Å². The van der Waals surface area contributed by atoms with Crippen LogP contribution in [-0.2, 0) is 10.0 Å². The monoisotopic (exact) mass is 467 g/mol. The molecule has 1 aliphatic rings. The highest BCUT2D eigenvalue weighted by molar-refractivity contribution is 7.89. The number of likely N-dealkylation sites (tertiary alicyclic amines) is 1. The van der Waals surface area contributed by atoms with Gasteiger partial charge in [0.2, 0.25) is 10.0 Å². The number of carbonyl (C=O) groups is 1. The summed E-state index contributed by atoms with van der Waals surface area (Å²) >= 11 is 6.18. The van der Waals surface area contributed by atoms with Crippen LogP contribution in [0.25, 0.3) is 0 Å². The molecule has 0 bridgehead atoms. The molecule has 1 aromatic carbocycles. The number of benzene rings is 1. The second-order valence-corrected chi connectivity index (χ2v) is 9.89. The third kappa shape index (κ3) is 5.49. The van der Waals surface area contributed by atoms with Crippen molar-refractivity contribution in [3.05, 3.63) is 52.9 Å². The van der Waals surface area contributed by atoms with Gasteiger partial charge in [0.05, 0.1) is 17.3 Å². The standard InChI is InChI=1S/C22H30ClN3O4S/c1-3-26(4-2)31(28,29)21-15-17(10-11-18(21)23)22(27)24-16-19(20-9-8-14-30-20)25-12-6-5-7-13-25/h8-11,14-15,19H,3-7,12-13,16H2,1-2H3,(H,24,27). The van der Waals surface area contributed by atoms with Crippen LogP contribution in [0.3, 0.4) is 0 Å². The Bertz CT molecular complexity index is 969. The molecule has 3 rings (SSSR count). The first-order valence-electron chi connectivity index (χ1n) is 10.7. The zero-order chi connectivity index (χ0) is 22.4. The Balaban J connectivity index is 1.78. The first kappa shape index (κ1) is 23.8. The third-order valence-electron chi connectivity index (χ3n) is 5.68. The molecule has 1 unspecified atom stereocenters. The van der Waals surface area contributed by atoms with Crippen molar-refractivity contribution >= 4 is 27.5 Å². The third-order valence-corrected chi connectivity index (χ3v) is 8.21. The summed E-state index contributed by atoms with van der Waals surface area (Å²) in [7, 11) is -3.77. The molecule has 1 fully saturated rings. The smallest absolute Gasteiger partial charge is 0.251 e. The Morgan fingerprint density at radius 3 is 2.52 bits per heavy atom.